The van der Waals surface area contributed by atoms with Gasteiger partial charge in [-0.25, -0.2) is 4.98 Å². The van der Waals surface area contributed by atoms with Crippen molar-refractivity contribution in [1.29, 1.82) is 0 Å². The molecule has 0 fully saturated rings. The van der Waals surface area contributed by atoms with Gasteiger partial charge < -0.3 is 10.6 Å². The zero-order chi connectivity index (χ0) is 13.0. The van der Waals surface area contributed by atoms with E-state index in [2.05, 4.69) is 52.6 Å². The second-order valence-electron chi connectivity index (χ2n) is 4.22. The highest BCUT2D eigenvalue weighted by atomic mass is 15.1. The monoisotopic (exact) mass is 242 g/mol. The topological polar surface area (TPSA) is 49.8 Å². The Bertz CT molecular complexity index is 537. The van der Waals surface area contributed by atoms with Gasteiger partial charge in [0.05, 0.1) is 0 Å². The molecule has 1 aromatic carbocycles. The zero-order valence-electron chi connectivity index (χ0n) is 11.0. The number of nitrogens with zero attached hydrogens (tertiary/aromatic N) is 2. The quantitative estimate of drug-likeness (QED) is 0.864. The predicted octanol–water partition coefficient (Wildman–Crippen LogP) is 3.27. The van der Waals surface area contributed by atoms with Gasteiger partial charge in [0.2, 0.25) is 5.95 Å². The molecule has 2 rings (SSSR count). The molecular weight excluding hydrogens is 224 g/mol. The number of hydrogen-bond donors (Lipinski definition) is 2. The van der Waals surface area contributed by atoms with E-state index < -0.39 is 0 Å². The molecule has 4 nitrogen and oxygen atoms in total. The van der Waals surface area contributed by atoms with Gasteiger partial charge in [0.15, 0.2) is 0 Å². The van der Waals surface area contributed by atoms with E-state index in [-0.39, 0.29) is 0 Å². The number of aryl methyl sites for hydroxylation is 2. The molecule has 0 spiro atoms. The van der Waals surface area contributed by atoms with E-state index in [0.717, 1.165) is 18.1 Å². The van der Waals surface area contributed by atoms with E-state index in [9.17, 15) is 0 Å². The van der Waals surface area contributed by atoms with Crippen molar-refractivity contribution >= 4 is 17.5 Å². The smallest absolute Gasteiger partial charge is 0.224 e. The first-order valence-electron chi connectivity index (χ1n) is 6.10. The molecule has 2 N–H and O–H groups in total. The fourth-order valence-electron chi connectivity index (χ4n) is 1.64. The summed E-state index contributed by atoms with van der Waals surface area (Å²) < 4.78 is 0. The highest BCUT2D eigenvalue weighted by Gasteiger charge is 2.00. The molecule has 0 aliphatic heterocycles. The van der Waals surface area contributed by atoms with Gasteiger partial charge in [-0.3, -0.25) is 0 Å². The molecule has 0 saturated carbocycles. The number of nitrogens with one attached hydrogen (secondary N) is 2. The Kier molecular flexibility index (Phi) is 3.77. The first-order valence-corrected chi connectivity index (χ1v) is 6.10. The number of rotatable bonds is 4. The SMILES string of the molecule is CCNc1nccc(Nc2ccc(C)c(C)c2)n1. The normalized spacial score (nSPS) is 10.2. The average molecular weight is 242 g/mol. The van der Waals surface area contributed by atoms with Crippen LogP contribution >= 0.6 is 0 Å². The molecule has 94 valence electrons. The number of hydrogen-bond acceptors (Lipinski definition) is 4. The first-order chi connectivity index (χ1) is 8.69. The Morgan fingerprint density at radius 3 is 2.67 bits per heavy atom. The third-order valence-corrected chi connectivity index (χ3v) is 2.77. The molecule has 1 aromatic heterocycles. The molecule has 0 radical (unpaired) electrons. The van der Waals surface area contributed by atoms with Gasteiger partial charge in [-0.2, -0.15) is 4.98 Å². The van der Waals surface area contributed by atoms with Crippen molar-refractivity contribution in [2.24, 2.45) is 0 Å². The zero-order valence-corrected chi connectivity index (χ0v) is 11.0. The summed E-state index contributed by atoms with van der Waals surface area (Å²) in [5.74, 6) is 1.44. The molecule has 1 heterocycles. The molecule has 0 aliphatic carbocycles. The highest BCUT2D eigenvalue weighted by Crippen LogP contribution is 2.18. The molecule has 0 unspecified atom stereocenters. The first kappa shape index (κ1) is 12.4. The Balaban J connectivity index is 2.17. The van der Waals surface area contributed by atoms with Gasteiger partial charge in [0.1, 0.15) is 5.82 Å². The lowest BCUT2D eigenvalue weighted by Crippen LogP contribution is -2.03. The molecule has 18 heavy (non-hydrogen) atoms. The summed E-state index contributed by atoms with van der Waals surface area (Å²) in [7, 11) is 0. The van der Waals surface area contributed by atoms with Crippen LogP contribution in [-0.4, -0.2) is 16.5 Å². The average Bonchev–Trinajstić information content (AvgIpc) is 2.35. The second-order valence-corrected chi connectivity index (χ2v) is 4.22. The van der Waals surface area contributed by atoms with E-state index in [1.54, 1.807) is 6.20 Å². The van der Waals surface area contributed by atoms with E-state index in [1.165, 1.54) is 11.1 Å². The van der Waals surface area contributed by atoms with Crippen LogP contribution in [0.25, 0.3) is 0 Å². The van der Waals surface area contributed by atoms with E-state index >= 15 is 0 Å². The fraction of sp³-hybridized carbons (Fsp3) is 0.286. The molecule has 2 aromatic rings. The van der Waals surface area contributed by atoms with Crippen LogP contribution in [0.15, 0.2) is 30.5 Å². The Morgan fingerprint density at radius 2 is 1.94 bits per heavy atom. The highest BCUT2D eigenvalue weighted by molar-refractivity contribution is 5.58. The van der Waals surface area contributed by atoms with Gasteiger partial charge in [-0.1, -0.05) is 6.07 Å². The lowest BCUT2D eigenvalue weighted by atomic mass is 10.1. The minimum Gasteiger partial charge on any atom is -0.354 e. The fourth-order valence-corrected chi connectivity index (χ4v) is 1.64. The van der Waals surface area contributed by atoms with Gasteiger partial charge in [-0.05, 0) is 50.1 Å². The summed E-state index contributed by atoms with van der Waals surface area (Å²) in [6.45, 7) is 7.04. The van der Waals surface area contributed by atoms with Crippen LogP contribution in [-0.2, 0) is 0 Å². The third-order valence-electron chi connectivity index (χ3n) is 2.77. The molecule has 0 aliphatic rings. The lowest BCUT2D eigenvalue weighted by Gasteiger charge is -2.09. The molecule has 0 bridgehead atoms. The molecule has 0 saturated heterocycles. The van der Waals surface area contributed by atoms with E-state index in [0.29, 0.717) is 5.95 Å². The lowest BCUT2D eigenvalue weighted by molar-refractivity contribution is 1.09. The molecule has 0 amide bonds. The summed E-state index contributed by atoms with van der Waals surface area (Å²) in [6.07, 6.45) is 1.74. The van der Waals surface area contributed by atoms with E-state index in [1.807, 2.05) is 13.0 Å². The van der Waals surface area contributed by atoms with Gasteiger partial charge >= 0.3 is 0 Å². The largest absolute Gasteiger partial charge is 0.354 e. The van der Waals surface area contributed by atoms with Gasteiger partial charge in [0.25, 0.3) is 0 Å². The minimum absolute atomic E-state index is 0.645. The van der Waals surface area contributed by atoms with Crippen molar-refractivity contribution in [1.82, 2.24) is 9.97 Å². The summed E-state index contributed by atoms with van der Waals surface area (Å²) in [5, 5.41) is 6.37. The van der Waals surface area contributed by atoms with Crippen LogP contribution in [0, 0.1) is 13.8 Å². The number of benzene rings is 1. The van der Waals surface area contributed by atoms with Crippen LogP contribution < -0.4 is 10.6 Å². The van der Waals surface area contributed by atoms with Crippen LogP contribution in [0.3, 0.4) is 0 Å². The standard InChI is InChI=1S/C14H18N4/c1-4-15-14-16-8-7-13(18-14)17-12-6-5-10(2)11(3)9-12/h5-9H,4H2,1-3H3,(H2,15,16,17,18). The summed E-state index contributed by atoms with van der Waals surface area (Å²) >= 11 is 0. The minimum atomic E-state index is 0.645. The van der Waals surface area contributed by atoms with Gasteiger partial charge in [0, 0.05) is 18.4 Å². The van der Waals surface area contributed by atoms with Crippen LogP contribution in [0.1, 0.15) is 18.1 Å². The molecular formula is C14H18N4. The second kappa shape index (κ2) is 5.49. The summed E-state index contributed by atoms with van der Waals surface area (Å²) in [5.41, 5.74) is 3.59. The maximum Gasteiger partial charge on any atom is 0.224 e. The van der Waals surface area contributed by atoms with Crippen molar-refractivity contribution in [3.8, 4) is 0 Å². The Morgan fingerprint density at radius 1 is 1.11 bits per heavy atom. The van der Waals surface area contributed by atoms with Crippen molar-refractivity contribution in [3.05, 3.63) is 41.6 Å². The Hall–Kier alpha value is -2.10. The maximum atomic E-state index is 4.38. The number of anilines is 3. The van der Waals surface area contributed by atoms with Crippen LogP contribution in [0.4, 0.5) is 17.5 Å². The maximum absolute atomic E-state index is 4.38. The van der Waals surface area contributed by atoms with Crippen molar-refractivity contribution < 1.29 is 0 Å². The summed E-state index contributed by atoms with van der Waals surface area (Å²) in [6, 6.07) is 8.13. The predicted molar refractivity (Wildman–Crippen MR) is 75.4 cm³/mol. The third kappa shape index (κ3) is 2.97. The Labute approximate surface area is 107 Å². The van der Waals surface area contributed by atoms with Crippen LogP contribution in [0.5, 0.6) is 0 Å². The van der Waals surface area contributed by atoms with Crippen molar-refractivity contribution in [2.75, 3.05) is 17.2 Å². The van der Waals surface area contributed by atoms with Gasteiger partial charge in [-0.15, -0.1) is 0 Å². The number of aromatic nitrogens is 2. The molecule has 4 heteroatoms. The van der Waals surface area contributed by atoms with Crippen molar-refractivity contribution in [3.63, 3.8) is 0 Å². The van der Waals surface area contributed by atoms with E-state index in [4.69, 9.17) is 0 Å². The molecule has 0 atom stereocenters. The summed E-state index contributed by atoms with van der Waals surface area (Å²) in [4.78, 5) is 8.52. The van der Waals surface area contributed by atoms with Crippen molar-refractivity contribution in [2.45, 2.75) is 20.8 Å². The van der Waals surface area contributed by atoms with Crippen LogP contribution in [0.2, 0.25) is 0 Å².